The van der Waals surface area contributed by atoms with Crippen molar-refractivity contribution >= 4 is 23.6 Å². The Morgan fingerprint density at radius 3 is 1.46 bits per heavy atom. The summed E-state index contributed by atoms with van der Waals surface area (Å²) in [6, 6.07) is -2.40. The Hall–Kier alpha value is -2.12. The fraction of sp³-hybridized carbons (Fsp3) is 0.778. The molecule has 26 heavy (non-hydrogen) atoms. The van der Waals surface area contributed by atoms with E-state index in [0.29, 0.717) is 6.42 Å². The van der Waals surface area contributed by atoms with Gasteiger partial charge in [-0.1, -0.05) is 48.0 Å². The summed E-state index contributed by atoms with van der Waals surface area (Å²) in [7, 11) is 0. The van der Waals surface area contributed by atoms with Crippen LogP contribution in [-0.4, -0.2) is 41.8 Å². The minimum atomic E-state index is -0.844. The normalized spacial score (nSPS) is 15.7. The maximum absolute atomic E-state index is 12.6. The van der Waals surface area contributed by atoms with E-state index in [-0.39, 0.29) is 23.7 Å². The highest BCUT2D eigenvalue weighted by molar-refractivity contribution is 5.94. The topological polar surface area (TPSA) is 130 Å². The van der Waals surface area contributed by atoms with Crippen LogP contribution in [0.5, 0.6) is 0 Å². The molecule has 0 bridgehead atoms. The van der Waals surface area contributed by atoms with E-state index in [1.165, 1.54) is 6.92 Å². The Morgan fingerprint density at radius 2 is 1.15 bits per heavy atom. The highest BCUT2D eigenvalue weighted by Crippen LogP contribution is 2.10. The van der Waals surface area contributed by atoms with Crippen LogP contribution in [-0.2, 0) is 19.2 Å². The summed E-state index contributed by atoms with van der Waals surface area (Å²) in [4.78, 5) is 48.2. The smallest absolute Gasteiger partial charge is 0.243 e. The zero-order valence-electron chi connectivity index (χ0n) is 16.9. The maximum Gasteiger partial charge on any atom is 0.243 e. The molecule has 0 fully saturated rings. The van der Waals surface area contributed by atoms with Gasteiger partial charge in [0.2, 0.25) is 23.6 Å². The van der Waals surface area contributed by atoms with Crippen LogP contribution in [0, 0.1) is 17.8 Å². The quantitative estimate of drug-likeness (QED) is 0.441. The van der Waals surface area contributed by atoms with Crippen molar-refractivity contribution in [3.63, 3.8) is 0 Å². The fourth-order valence-corrected chi connectivity index (χ4v) is 2.50. The number of hydrogen-bond donors (Lipinski definition) is 4. The van der Waals surface area contributed by atoms with Gasteiger partial charge in [0.25, 0.3) is 0 Å². The zero-order valence-corrected chi connectivity index (χ0v) is 16.9. The van der Waals surface area contributed by atoms with E-state index in [4.69, 9.17) is 5.73 Å². The average molecular weight is 370 g/mol. The van der Waals surface area contributed by atoms with Gasteiger partial charge in [-0.3, -0.25) is 19.2 Å². The third-order valence-corrected chi connectivity index (χ3v) is 4.37. The van der Waals surface area contributed by atoms with E-state index in [1.807, 2.05) is 13.8 Å². The third kappa shape index (κ3) is 7.41. The van der Waals surface area contributed by atoms with Crippen LogP contribution in [0.3, 0.4) is 0 Å². The van der Waals surface area contributed by atoms with E-state index >= 15 is 0 Å². The molecule has 0 aliphatic carbocycles. The lowest BCUT2D eigenvalue weighted by Gasteiger charge is -2.29. The van der Waals surface area contributed by atoms with Gasteiger partial charge in [0, 0.05) is 6.92 Å². The standard InChI is InChI=1S/C18H34N4O4/c1-8-11(6)15(16(19)24)22-18(26)14(10(4)5)21-17(25)13(9(2)3)20-12(7)23/h9-11,13-15H,8H2,1-7H3,(H2,19,24)(H,20,23)(H,21,25)(H,22,26)/t11-,13-,14-,15-/m0/s1. The molecule has 0 saturated heterocycles. The van der Waals surface area contributed by atoms with Gasteiger partial charge in [-0.2, -0.15) is 0 Å². The number of hydrogen-bond acceptors (Lipinski definition) is 4. The van der Waals surface area contributed by atoms with E-state index < -0.39 is 35.8 Å². The molecule has 0 unspecified atom stereocenters. The van der Waals surface area contributed by atoms with Gasteiger partial charge in [-0.25, -0.2) is 0 Å². The number of nitrogens with one attached hydrogen (secondary N) is 3. The Morgan fingerprint density at radius 1 is 0.769 bits per heavy atom. The van der Waals surface area contributed by atoms with Gasteiger partial charge in [0.05, 0.1) is 0 Å². The monoisotopic (exact) mass is 370 g/mol. The highest BCUT2D eigenvalue weighted by atomic mass is 16.2. The first kappa shape index (κ1) is 23.9. The molecule has 5 N–H and O–H groups in total. The second kappa shape index (κ2) is 10.8. The van der Waals surface area contributed by atoms with Crippen LogP contribution >= 0.6 is 0 Å². The summed E-state index contributed by atoms with van der Waals surface area (Å²) in [5.74, 6) is -2.33. The van der Waals surface area contributed by atoms with Gasteiger partial charge in [0.15, 0.2) is 0 Å². The molecule has 0 saturated carbocycles. The van der Waals surface area contributed by atoms with Gasteiger partial charge >= 0.3 is 0 Å². The van der Waals surface area contributed by atoms with Crippen LogP contribution < -0.4 is 21.7 Å². The summed E-state index contributed by atoms with van der Waals surface area (Å²) < 4.78 is 0. The van der Waals surface area contributed by atoms with Crippen LogP contribution in [0.2, 0.25) is 0 Å². The summed E-state index contributed by atoms with van der Waals surface area (Å²) in [6.45, 7) is 12.2. The van der Waals surface area contributed by atoms with Gasteiger partial charge in [-0.15, -0.1) is 0 Å². The van der Waals surface area contributed by atoms with Crippen molar-refractivity contribution in [1.29, 1.82) is 0 Å². The minimum absolute atomic E-state index is 0.122. The second-order valence-electron chi connectivity index (χ2n) is 7.43. The molecule has 0 radical (unpaired) electrons. The fourth-order valence-electron chi connectivity index (χ4n) is 2.50. The average Bonchev–Trinajstić information content (AvgIpc) is 2.52. The molecule has 0 spiro atoms. The molecule has 8 heteroatoms. The molecule has 4 atom stereocenters. The number of primary amides is 1. The molecule has 0 aliphatic rings. The van der Waals surface area contributed by atoms with Crippen LogP contribution in [0.1, 0.15) is 54.9 Å². The SMILES string of the molecule is CC[C@H](C)[C@H](NC(=O)[C@@H](NC(=O)[C@@H](NC(C)=O)C(C)C)C(C)C)C(N)=O. The summed E-state index contributed by atoms with van der Waals surface area (Å²) >= 11 is 0. The molecular formula is C18H34N4O4. The molecular weight excluding hydrogens is 336 g/mol. The Bertz CT molecular complexity index is 519. The van der Waals surface area contributed by atoms with E-state index in [1.54, 1.807) is 27.7 Å². The van der Waals surface area contributed by atoms with E-state index in [0.717, 1.165) is 0 Å². The number of rotatable bonds is 10. The lowest BCUT2D eigenvalue weighted by Crippen LogP contribution is -2.59. The molecule has 0 aromatic heterocycles. The second-order valence-corrected chi connectivity index (χ2v) is 7.43. The lowest BCUT2D eigenvalue weighted by atomic mass is 9.96. The van der Waals surface area contributed by atoms with Crippen LogP contribution in [0.25, 0.3) is 0 Å². The van der Waals surface area contributed by atoms with Crippen LogP contribution in [0.15, 0.2) is 0 Å². The summed E-state index contributed by atoms with van der Waals surface area (Å²) in [6.07, 6.45) is 0.671. The van der Waals surface area contributed by atoms with E-state index in [2.05, 4.69) is 16.0 Å². The van der Waals surface area contributed by atoms with Gasteiger partial charge in [0.1, 0.15) is 18.1 Å². The van der Waals surface area contributed by atoms with Crippen molar-refractivity contribution in [3.05, 3.63) is 0 Å². The number of carbonyl (C=O) groups excluding carboxylic acids is 4. The number of nitrogens with two attached hydrogens (primary N) is 1. The molecule has 0 rings (SSSR count). The van der Waals surface area contributed by atoms with Crippen LogP contribution in [0.4, 0.5) is 0 Å². The molecule has 0 heterocycles. The van der Waals surface area contributed by atoms with E-state index in [9.17, 15) is 19.2 Å². The van der Waals surface area contributed by atoms with Gasteiger partial charge in [-0.05, 0) is 17.8 Å². The van der Waals surface area contributed by atoms with Crippen molar-refractivity contribution in [2.75, 3.05) is 0 Å². The Labute approximate surface area is 156 Å². The summed E-state index contributed by atoms with van der Waals surface area (Å²) in [5, 5.41) is 7.93. The Balaban J connectivity index is 5.27. The molecule has 0 aromatic rings. The van der Waals surface area contributed by atoms with Crippen molar-refractivity contribution in [2.45, 2.75) is 73.0 Å². The predicted octanol–water partition coefficient (Wildman–Crippen LogP) is 0.304. The Kier molecular flexibility index (Phi) is 9.90. The summed E-state index contributed by atoms with van der Waals surface area (Å²) in [5.41, 5.74) is 5.39. The molecule has 8 nitrogen and oxygen atoms in total. The van der Waals surface area contributed by atoms with Crippen molar-refractivity contribution < 1.29 is 19.2 Å². The third-order valence-electron chi connectivity index (χ3n) is 4.37. The van der Waals surface area contributed by atoms with Crippen molar-refractivity contribution in [3.8, 4) is 0 Å². The van der Waals surface area contributed by atoms with Crippen molar-refractivity contribution in [1.82, 2.24) is 16.0 Å². The first-order valence-corrected chi connectivity index (χ1v) is 9.09. The molecule has 4 amide bonds. The molecule has 0 aromatic carbocycles. The van der Waals surface area contributed by atoms with Crippen molar-refractivity contribution in [2.24, 2.45) is 23.5 Å². The first-order chi connectivity index (χ1) is 11.9. The number of carbonyl (C=O) groups is 4. The largest absolute Gasteiger partial charge is 0.368 e. The maximum atomic E-state index is 12.6. The molecule has 150 valence electrons. The first-order valence-electron chi connectivity index (χ1n) is 9.09. The minimum Gasteiger partial charge on any atom is -0.368 e. The molecule has 0 aliphatic heterocycles. The zero-order chi connectivity index (χ0) is 20.6. The van der Waals surface area contributed by atoms with Gasteiger partial charge < -0.3 is 21.7 Å². The lowest BCUT2D eigenvalue weighted by molar-refractivity contribution is -0.135. The number of amides is 4. The predicted molar refractivity (Wildman–Crippen MR) is 99.8 cm³/mol. The highest BCUT2D eigenvalue weighted by Gasteiger charge is 2.32.